The zero-order chi connectivity index (χ0) is 21.1. The Bertz CT molecular complexity index is 1080. The molecule has 1 fully saturated rings. The van der Waals surface area contributed by atoms with Crippen molar-refractivity contribution < 1.29 is 28.8 Å². The summed E-state index contributed by atoms with van der Waals surface area (Å²) in [5.41, 5.74) is -2.60. The van der Waals surface area contributed by atoms with Gasteiger partial charge in [-0.15, -0.1) is 0 Å². The van der Waals surface area contributed by atoms with E-state index in [1.54, 1.807) is 16.8 Å². The minimum Gasteiger partial charge on any atom is -0.385 e. The Balaban J connectivity index is 1.76. The van der Waals surface area contributed by atoms with Gasteiger partial charge in [0.15, 0.2) is 17.9 Å². The van der Waals surface area contributed by atoms with E-state index in [1.807, 2.05) is 6.92 Å². The maximum absolute atomic E-state index is 13.7. The van der Waals surface area contributed by atoms with E-state index in [0.29, 0.717) is 5.65 Å². The first-order valence-corrected chi connectivity index (χ1v) is 9.07. The van der Waals surface area contributed by atoms with E-state index < -0.39 is 41.3 Å². The fourth-order valence-electron chi connectivity index (χ4n) is 3.98. The Labute approximate surface area is 165 Å². The highest BCUT2D eigenvalue weighted by Crippen LogP contribution is 2.46. The Morgan fingerprint density at radius 1 is 1.21 bits per heavy atom. The molecule has 1 aliphatic rings. The van der Waals surface area contributed by atoms with Gasteiger partial charge in [-0.05, 0) is 44.5 Å². The molecule has 4 rings (SSSR count). The van der Waals surface area contributed by atoms with Crippen LogP contribution in [0.5, 0.6) is 0 Å². The summed E-state index contributed by atoms with van der Waals surface area (Å²) < 4.78 is 34.5. The van der Waals surface area contributed by atoms with Crippen LogP contribution in [0.15, 0.2) is 36.8 Å². The van der Waals surface area contributed by atoms with E-state index in [0.717, 1.165) is 23.2 Å². The number of hydrogen-bond donors (Lipinski definition) is 3. The average Bonchev–Trinajstić information content (AvgIpc) is 3.18. The highest BCUT2D eigenvalue weighted by Gasteiger charge is 2.59. The summed E-state index contributed by atoms with van der Waals surface area (Å²) in [5, 5.41) is 33.7. The van der Waals surface area contributed by atoms with Crippen LogP contribution < -0.4 is 0 Å². The van der Waals surface area contributed by atoms with E-state index in [1.165, 1.54) is 26.2 Å². The molecule has 3 aromatic rings. The summed E-state index contributed by atoms with van der Waals surface area (Å²) in [6.07, 6.45) is -0.831. The molecule has 0 unspecified atom stereocenters. The van der Waals surface area contributed by atoms with Crippen molar-refractivity contribution in [1.82, 2.24) is 14.5 Å². The van der Waals surface area contributed by atoms with Gasteiger partial charge in [0.1, 0.15) is 35.4 Å². The number of hydrogen-bond acceptors (Lipinski definition) is 6. The summed E-state index contributed by atoms with van der Waals surface area (Å²) in [4.78, 5) is 8.34. The predicted octanol–water partition coefficient (Wildman–Crippen LogP) is 1.93. The Morgan fingerprint density at radius 3 is 2.62 bits per heavy atom. The van der Waals surface area contributed by atoms with Crippen LogP contribution in [0, 0.1) is 18.6 Å². The van der Waals surface area contributed by atoms with Crippen molar-refractivity contribution in [1.29, 1.82) is 0 Å². The molecule has 7 nitrogen and oxygen atoms in total. The standard InChI is InChI=1S/C20H21F2N3O4/c1-10-12-6-7-25(16(12)24-9-23-10)17-15(26)20(3,28)18(29-17)19(2,27)11-4-5-13(21)14(22)8-11/h4-9,15,17-18,26-28H,1-3H3/t15-,17+,18+,19+,20-/m0/s1. The van der Waals surface area contributed by atoms with E-state index in [4.69, 9.17) is 4.74 Å². The maximum atomic E-state index is 13.7. The van der Waals surface area contributed by atoms with Gasteiger partial charge in [-0.1, -0.05) is 6.07 Å². The number of nitrogens with zero attached hydrogens (tertiary/aromatic N) is 3. The lowest BCUT2D eigenvalue weighted by Crippen LogP contribution is -2.53. The molecule has 0 aliphatic carbocycles. The van der Waals surface area contributed by atoms with Crippen LogP contribution in [0.2, 0.25) is 0 Å². The highest BCUT2D eigenvalue weighted by atomic mass is 19.2. The molecule has 29 heavy (non-hydrogen) atoms. The molecule has 5 atom stereocenters. The van der Waals surface area contributed by atoms with Gasteiger partial charge in [0.25, 0.3) is 0 Å². The summed E-state index contributed by atoms with van der Waals surface area (Å²) in [6, 6.07) is 4.70. The Kier molecular flexibility index (Phi) is 4.47. The molecule has 154 valence electrons. The third-order valence-electron chi connectivity index (χ3n) is 5.67. The number of aryl methyl sites for hydroxylation is 1. The lowest BCUT2D eigenvalue weighted by Gasteiger charge is -2.37. The summed E-state index contributed by atoms with van der Waals surface area (Å²) in [7, 11) is 0. The monoisotopic (exact) mass is 405 g/mol. The Morgan fingerprint density at radius 2 is 1.93 bits per heavy atom. The van der Waals surface area contributed by atoms with Crippen molar-refractivity contribution in [3.63, 3.8) is 0 Å². The molecule has 0 amide bonds. The molecule has 3 N–H and O–H groups in total. The van der Waals surface area contributed by atoms with Gasteiger partial charge in [0.05, 0.1) is 5.69 Å². The normalized spacial score (nSPS) is 29.3. The van der Waals surface area contributed by atoms with Gasteiger partial charge in [-0.2, -0.15) is 0 Å². The molecule has 2 aromatic heterocycles. The third kappa shape index (κ3) is 2.93. The van der Waals surface area contributed by atoms with Crippen LogP contribution in [0.4, 0.5) is 8.78 Å². The van der Waals surface area contributed by atoms with Crippen molar-refractivity contribution in [2.45, 2.75) is 50.4 Å². The number of fused-ring (bicyclic) bond motifs is 1. The van der Waals surface area contributed by atoms with Crippen LogP contribution in [-0.2, 0) is 10.3 Å². The molecule has 1 saturated heterocycles. The van der Waals surface area contributed by atoms with E-state index in [9.17, 15) is 24.1 Å². The van der Waals surface area contributed by atoms with Crippen LogP contribution in [0.3, 0.4) is 0 Å². The zero-order valence-corrected chi connectivity index (χ0v) is 16.0. The molecular formula is C20H21F2N3O4. The molecular weight excluding hydrogens is 384 g/mol. The molecule has 1 aliphatic heterocycles. The lowest BCUT2D eigenvalue weighted by atomic mass is 9.80. The van der Waals surface area contributed by atoms with Crippen molar-refractivity contribution in [3.05, 3.63) is 59.7 Å². The fourth-order valence-corrected chi connectivity index (χ4v) is 3.98. The van der Waals surface area contributed by atoms with E-state index in [-0.39, 0.29) is 5.56 Å². The molecule has 1 aromatic carbocycles. The van der Waals surface area contributed by atoms with Crippen molar-refractivity contribution in [2.24, 2.45) is 0 Å². The topological polar surface area (TPSA) is 101 Å². The van der Waals surface area contributed by atoms with Gasteiger partial charge in [-0.25, -0.2) is 18.7 Å². The number of benzene rings is 1. The molecule has 0 bridgehead atoms. The highest BCUT2D eigenvalue weighted by molar-refractivity contribution is 5.78. The minimum absolute atomic E-state index is 0.00468. The minimum atomic E-state index is -1.93. The van der Waals surface area contributed by atoms with E-state index in [2.05, 4.69) is 9.97 Å². The van der Waals surface area contributed by atoms with Gasteiger partial charge in [0, 0.05) is 11.6 Å². The molecule has 0 saturated carbocycles. The number of aliphatic hydroxyl groups is 3. The number of aromatic nitrogens is 3. The van der Waals surface area contributed by atoms with Crippen LogP contribution in [-0.4, -0.2) is 47.7 Å². The summed E-state index contributed by atoms with van der Waals surface area (Å²) >= 11 is 0. The molecule has 0 radical (unpaired) electrons. The maximum Gasteiger partial charge on any atom is 0.164 e. The van der Waals surface area contributed by atoms with Crippen molar-refractivity contribution in [2.75, 3.05) is 0 Å². The van der Waals surface area contributed by atoms with Gasteiger partial charge in [-0.3, -0.25) is 0 Å². The van der Waals surface area contributed by atoms with E-state index >= 15 is 0 Å². The SMILES string of the molecule is Cc1ncnc2c1ccn2[C@@H]1O[C@H]([C@](C)(O)c2ccc(F)c(F)c2)[C@@](C)(O)[C@H]1O. The molecule has 0 spiro atoms. The lowest BCUT2D eigenvalue weighted by molar-refractivity contribution is -0.161. The van der Waals surface area contributed by atoms with Gasteiger partial charge in [0.2, 0.25) is 0 Å². The second kappa shape index (κ2) is 6.53. The Hall–Kier alpha value is -2.46. The third-order valence-corrected chi connectivity index (χ3v) is 5.67. The first kappa shape index (κ1) is 19.8. The first-order valence-electron chi connectivity index (χ1n) is 9.07. The van der Waals surface area contributed by atoms with Crippen LogP contribution in [0.25, 0.3) is 11.0 Å². The van der Waals surface area contributed by atoms with Crippen molar-refractivity contribution >= 4 is 11.0 Å². The number of rotatable bonds is 3. The second-order valence-corrected chi connectivity index (χ2v) is 7.77. The molecule has 9 heteroatoms. The van der Waals surface area contributed by atoms with Crippen molar-refractivity contribution in [3.8, 4) is 0 Å². The fraction of sp³-hybridized carbons (Fsp3) is 0.400. The quantitative estimate of drug-likeness (QED) is 0.616. The first-order chi connectivity index (χ1) is 13.5. The van der Waals surface area contributed by atoms with Gasteiger partial charge >= 0.3 is 0 Å². The average molecular weight is 405 g/mol. The smallest absolute Gasteiger partial charge is 0.164 e. The van der Waals surface area contributed by atoms with Crippen LogP contribution in [0.1, 0.15) is 31.3 Å². The number of aliphatic hydroxyl groups excluding tert-OH is 1. The van der Waals surface area contributed by atoms with Gasteiger partial charge < -0.3 is 24.6 Å². The second-order valence-electron chi connectivity index (χ2n) is 7.77. The summed E-state index contributed by atoms with van der Waals surface area (Å²) in [6.45, 7) is 4.45. The zero-order valence-electron chi connectivity index (χ0n) is 16.0. The predicted molar refractivity (Wildman–Crippen MR) is 98.7 cm³/mol. The number of ether oxygens (including phenoxy) is 1. The molecule has 3 heterocycles. The number of halogens is 2. The largest absolute Gasteiger partial charge is 0.385 e. The van der Waals surface area contributed by atoms with Crippen LogP contribution >= 0.6 is 0 Å². The summed E-state index contributed by atoms with van der Waals surface area (Å²) in [5.74, 6) is -2.20.